The fourth-order valence-electron chi connectivity index (χ4n) is 4.18. The normalized spacial score (nSPS) is 17.3. The largest absolute Gasteiger partial charge is 0.462 e. The molecule has 1 amide bonds. The number of thioether (sulfide) groups is 1. The van der Waals surface area contributed by atoms with Crippen molar-refractivity contribution >= 4 is 51.8 Å². The fraction of sp³-hybridized carbons (Fsp3) is 0.346. The molecule has 0 bridgehead atoms. The van der Waals surface area contributed by atoms with Crippen LogP contribution in [0.1, 0.15) is 49.2 Å². The molecule has 0 saturated carbocycles. The zero-order valence-electron chi connectivity index (χ0n) is 20.7. The third-order valence-corrected chi connectivity index (χ3v) is 7.28. The number of hydrogen-bond donors (Lipinski definition) is 1. The standard InChI is InChI=1S/C26H27ClN4O5S/c1-15(2)14-36-25(33)22-16(3)28-26-30(10-5-11-37-26)23(22)17-6-4-7-18(12-17)29-24(32)20-9-8-19(31(34)35)13-21(20)27/h4,6-9,12-13,15,23H,5,10-11,14H2,1-3H3,(H,29,32). The van der Waals surface area contributed by atoms with E-state index in [9.17, 15) is 19.7 Å². The van der Waals surface area contributed by atoms with Crippen LogP contribution in [0.25, 0.3) is 0 Å². The SMILES string of the molecule is CC1=C(C(=O)OCC(C)C)C(c2cccc(NC(=O)c3ccc([N+](=O)[O-])cc3Cl)c2)N2CCCSC2=N1. The van der Waals surface area contributed by atoms with Crippen LogP contribution in [-0.2, 0) is 9.53 Å². The van der Waals surface area contributed by atoms with E-state index in [1.807, 2.05) is 32.9 Å². The Bertz CT molecular complexity index is 1310. The lowest BCUT2D eigenvalue weighted by Crippen LogP contribution is -2.42. The molecular formula is C26H27ClN4O5S. The van der Waals surface area contributed by atoms with Crippen LogP contribution < -0.4 is 5.32 Å². The monoisotopic (exact) mass is 542 g/mol. The molecule has 2 aromatic carbocycles. The third kappa shape index (κ3) is 5.97. The number of allylic oxidation sites excluding steroid dienone is 1. The maximum atomic E-state index is 13.2. The summed E-state index contributed by atoms with van der Waals surface area (Å²) in [5, 5.41) is 14.6. The highest BCUT2D eigenvalue weighted by Gasteiger charge is 2.38. The number of ether oxygens (including phenoxy) is 1. The highest BCUT2D eigenvalue weighted by Crippen LogP contribution is 2.40. The number of rotatable bonds is 7. The molecule has 2 aliphatic rings. The first-order chi connectivity index (χ1) is 17.7. The number of amides is 1. The molecule has 2 heterocycles. The number of nitro groups is 1. The van der Waals surface area contributed by atoms with Gasteiger partial charge in [-0.15, -0.1) is 0 Å². The highest BCUT2D eigenvalue weighted by atomic mass is 35.5. The zero-order valence-corrected chi connectivity index (χ0v) is 22.3. The average Bonchev–Trinajstić information content (AvgIpc) is 2.86. The van der Waals surface area contributed by atoms with Gasteiger partial charge in [-0.05, 0) is 43.0 Å². The lowest BCUT2D eigenvalue weighted by atomic mass is 9.94. The Kier molecular flexibility index (Phi) is 8.19. The predicted molar refractivity (Wildman–Crippen MR) is 145 cm³/mol. The molecule has 4 rings (SSSR count). The van der Waals surface area contributed by atoms with E-state index in [-0.39, 0.29) is 22.2 Å². The molecule has 0 aromatic heterocycles. The lowest BCUT2D eigenvalue weighted by Gasteiger charge is -2.40. The van der Waals surface area contributed by atoms with Gasteiger partial charge in [-0.2, -0.15) is 0 Å². The average molecular weight is 543 g/mol. The second-order valence-corrected chi connectivity index (χ2v) is 10.7. The zero-order chi connectivity index (χ0) is 26.7. The number of nitrogens with zero attached hydrogens (tertiary/aromatic N) is 3. The molecule has 0 spiro atoms. The molecule has 11 heteroatoms. The second-order valence-electron chi connectivity index (χ2n) is 9.18. The van der Waals surface area contributed by atoms with E-state index < -0.39 is 22.8 Å². The Morgan fingerprint density at radius 1 is 1.30 bits per heavy atom. The van der Waals surface area contributed by atoms with Crippen LogP contribution in [0.2, 0.25) is 5.02 Å². The van der Waals surface area contributed by atoms with Crippen LogP contribution in [0.3, 0.4) is 0 Å². The molecule has 0 radical (unpaired) electrons. The summed E-state index contributed by atoms with van der Waals surface area (Å²) in [4.78, 5) is 43.4. The van der Waals surface area contributed by atoms with Crippen molar-refractivity contribution in [1.82, 2.24) is 4.90 Å². The van der Waals surface area contributed by atoms with Gasteiger partial charge in [0.15, 0.2) is 5.17 Å². The quantitative estimate of drug-likeness (QED) is 0.266. The first kappa shape index (κ1) is 26.7. The topological polar surface area (TPSA) is 114 Å². The van der Waals surface area contributed by atoms with E-state index in [1.54, 1.807) is 23.9 Å². The number of nitrogens with one attached hydrogen (secondary N) is 1. The van der Waals surface area contributed by atoms with Crippen LogP contribution in [-0.4, -0.2) is 45.8 Å². The maximum Gasteiger partial charge on any atom is 0.338 e. The van der Waals surface area contributed by atoms with Crippen molar-refractivity contribution in [2.24, 2.45) is 10.9 Å². The highest BCUT2D eigenvalue weighted by molar-refractivity contribution is 8.13. The number of carbonyl (C=O) groups excluding carboxylic acids is 2. The van der Waals surface area contributed by atoms with Gasteiger partial charge in [0.05, 0.1) is 39.4 Å². The van der Waals surface area contributed by atoms with Gasteiger partial charge in [0.2, 0.25) is 0 Å². The summed E-state index contributed by atoms with van der Waals surface area (Å²) in [5.74, 6) is 0.247. The molecule has 2 aliphatic heterocycles. The summed E-state index contributed by atoms with van der Waals surface area (Å²) in [6.45, 7) is 6.82. The molecule has 194 valence electrons. The molecule has 1 saturated heterocycles. The molecule has 1 N–H and O–H groups in total. The Balaban J connectivity index is 1.65. The van der Waals surface area contributed by atoms with Gasteiger partial charge in [-0.25, -0.2) is 9.79 Å². The smallest absolute Gasteiger partial charge is 0.338 e. The van der Waals surface area contributed by atoms with E-state index in [2.05, 4.69) is 10.2 Å². The summed E-state index contributed by atoms with van der Waals surface area (Å²) in [7, 11) is 0. The number of carbonyl (C=O) groups is 2. The molecule has 2 aromatic rings. The van der Waals surface area contributed by atoms with Crippen LogP contribution in [0.5, 0.6) is 0 Å². The van der Waals surface area contributed by atoms with Crippen LogP contribution in [0.4, 0.5) is 11.4 Å². The Morgan fingerprint density at radius 3 is 2.78 bits per heavy atom. The number of esters is 1. The Hall–Kier alpha value is -3.37. The van der Waals surface area contributed by atoms with Gasteiger partial charge in [-0.3, -0.25) is 14.9 Å². The van der Waals surface area contributed by atoms with Gasteiger partial charge in [0.25, 0.3) is 11.6 Å². The molecule has 1 atom stereocenters. The van der Waals surface area contributed by atoms with E-state index in [0.717, 1.165) is 35.5 Å². The first-order valence-electron chi connectivity index (χ1n) is 11.9. The first-order valence-corrected chi connectivity index (χ1v) is 13.2. The van der Waals surface area contributed by atoms with Crippen molar-refractivity contribution < 1.29 is 19.2 Å². The third-order valence-electron chi connectivity index (χ3n) is 5.89. The number of fused-ring (bicyclic) bond motifs is 1. The molecule has 1 fully saturated rings. The summed E-state index contributed by atoms with van der Waals surface area (Å²) in [6, 6.07) is 10.5. The van der Waals surface area contributed by atoms with Crippen molar-refractivity contribution in [3.63, 3.8) is 0 Å². The number of non-ortho nitro benzene ring substituents is 1. The van der Waals surface area contributed by atoms with Crippen LogP contribution in [0.15, 0.2) is 58.7 Å². The van der Waals surface area contributed by atoms with E-state index in [0.29, 0.717) is 23.6 Å². The number of anilines is 1. The minimum atomic E-state index is -0.573. The van der Waals surface area contributed by atoms with Crippen LogP contribution in [0, 0.1) is 16.0 Å². The van der Waals surface area contributed by atoms with Gasteiger partial charge >= 0.3 is 5.97 Å². The fourth-order valence-corrected chi connectivity index (χ4v) is 5.46. The molecule has 1 unspecified atom stereocenters. The number of hydrogen-bond acceptors (Lipinski definition) is 8. The summed E-state index contributed by atoms with van der Waals surface area (Å²) >= 11 is 7.80. The van der Waals surface area contributed by atoms with E-state index in [4.69, 9.17) is 21.3 Å². The van der Waals surface area contributed by atoms with Gasteiger partial charge in [-0.1, -0.05) is 49.3 Å². The lowest BCUT2D eigenvalue weighted by molar-refractivity contribution is -0.384. The second kappa shape index (κ2) is 11.4. The van der Waals surface area contributed by atoms with Crippen molar-refractivity contribution in [2.45, 2.75) is 33.2 Å². The summed E-state index contributed by atoms with van der Waals surface area (Å²) in [6.07, 6.45) is 0.947. The molecule has 0 aliphatic carbocycles. The van der Waals surface area contributed by atoms with Gasteiger partial charge in [0.1, 0.15) is 0 Å². The molecule has 9 nitrogen and oxygen atoms in total. The number of amidine groups is 1. The number of benzene rings is 2. The van der Waals surface area contributed by atoms with Crippen molar-refractivity contribution in [2.75, 3.05) is 24.2 Å². The van der Waals surface area contributed by atoms with Crippen molar-refractivity contribution in [3.05, 3.63) is 80.0 Å². The molecular weight excluding hydrogens is 516 g/mol. The molecule has 37 heavy (non-hydrogen) atoms. The van der Waals surface area contributed by atoms with Crippen molar-refractivity contribution in [3.8, 4) is 0 Å². The van der Waals surface area contributed by atoms with Gasteiger partial charge < -0.3 is 15.0 Å². The maximum absolute atomic E-state index is 13.2. The summed E-state index contributed by atoms with van der Waals surface area (Å²) < 4.78 is 5.61. The van der Waals surface area contributed by atoms with Gasteiger partial charge in [0, 0.05) is 30.1 Å². The Labute approximate surface area is 224 Å². The Morgan fingerprint density at radius 2 is 2.08 bits per heavy atom. The van der Waals surface area contributed by atoms with E-state index >= 15 is 0 Å². The van der Waals surface area contributed by atoms with Crippen molar-refractivity contribution in [1.29, 1.82) is 0 Å². The minimum Gasteiger partial charge on any atom is -0.462 e. The predicted octanol–water partition coefficient (Wildman–Crippen LogP) is 5.82. The van der Waals surface area contributed by atoms with Crippen LogP contribution >= 0.6 is 23.4 Å². The number of nitro benzene ring substituents is 1. The minimum absolute atomic E-state index is 0.0185. The summed E-state index contributed by atoms with van der Waals surface area (Å²) in [5.41, 5.74) is 2.32. The number of halogens is 1. The number of aliphatic imine (C=N–C) groups is 1. The van der Waals surface area contributed by atoms with E-state index in [1.165, 1.54) is 12.1 Å².